The molecule has 7 aliphatic rings. The summed E-state index contributed by atoms with van der Waals surface area (Å²) in [5, 5.41) is 15.4. The zero-order valence-electron chi connectivity index (χ0n) is 31.3. The first-order chi connectivity index (χ1) is 22.6. The quantitative estimate of drug-likeness (QED) is 0.377. The zero-order valence-corrected chi connectivity index (χ0v) is 31.3. The molecule has 0 aromatic heterocycles. The number of likely N-dealkylation sites (N-methyl/N-ethyl adjacent to an activating group) is 1. The van der Waals surface area contributed by atoms with Gasteiger partial charge < -0.3 is 34.4 Å². The van der Waals surface area contributed by atoms with Crippen LogP contribution in [-0.4, -0.2) is 97.4 Å². The molecule has 0 bridgehead atoms. The summed E-state index contributed by atoms with van der Waals surface area (Å²) >= 11 is 0. The van der Waals surface area contributed by atoms with Gasteiger partial charge >= 0.3 is 6.03 Å². The van der Waals surface area contributed by atoms with Gasteiger partial charge in [0.1, 0.15) is 0 Å². The first kappa shape index (κ1) is 35.0. The molecule has 0 radical (unpaired) electrons. The topological polar surface area (TPSA) is 101 Å². The van der Waals surface area contributed by atoms with Crippen molar-refractivity contribution in [3.05, 3.63) is 0 Å². The van der Waals surface area contributed by atoms with Crippen molar-refractivity contribution in [3.63, 3.8) is 0 Å². The van der Waals surface area contributed by atoms with Crippen LogP contribution in [0.3, 0.4) is 0 Å². The Morgan fingerprint density at radius 2 is 1.77 bits per heavy atom. The van der Waals surface area contributed by atoms with Gasteiger partial charge in [-0.3, -0.25) is 4.79 Å². The molecule has 13 atom stereocenters. The fraction of sp³-hybridized carbons (Fsp3) is 0.949. The summed E-state index contributed by atoms with van der Waals surface area (Å²) < 4.78 is 19.8. The van der Waals surface area contributed by atoms with Crippen molar-refractivity contribution in [2.24, 2.45) is 56.7 Å². The first-order valence-electron chi connectivity index (χ1n) is 19.5. The lowest BCUT2D eigenvalue weighted by Crippen LogP contribution is -2.60. The van der Waals surface area contributed by atoms with E-state index >= 15 is 0 Å². The number of ether oxygens (including phenoxy) is 3. The number of carbonyl (C=O) groups excluding carboxylic acids is 2. The highest BCUT2D eigenvalue weighted by Crippen LogP contribution is 2.89. The highest BCUT2D eigenvalue weighted by molar-refractivity contribution is 5.78. The average molecular weight is 672 g/mol. The second-order valence-corrected chi connectivity index (χ2v) is 18.7. The molecule has 48 heavy (non-hydrogen) atoms. The maximum Gasteiger partial charge on any atom is 0.317 e. The number of nitrogens with zero attached hydrogens (tertiary/aromatic N) is 2. The molecule has 2 aliphatic heterocycles. The van der Waals surface area contributed by atoms with Crippen LogP contribution in [0.25, 0.3) is 0 Å². The van der Waals surface area contributed by atoms with Crippen molar-refractivity contribution in [2.45, 2.75) is 137 Å². The summed E-state index contributed by atoms with van der Waals surface area (Å²) in [6.45, 7) is 20.9. The van der Waals surface area contributed by atoms with Crippen LogP contribution in [-0.2, 0) is 19.0 Å². The standard InChI is InChI=1S/C39H65N3O6/c1-10-40-34(45)41(9)20-25-19-24(4)30-31(47-25)32(43)37(8)27-12-11-26-35(5,6)28(48-29-21-42(17-18-46-29)33(44)23(2)3)13-14-38(26)22-39(27,38)16-15-36(30,37)7/h23-32,43H,10-22H2,1-9H3,(H,40,45)/t24-,25-,26+,27+,28+,29+,30?,31+,32+,36-,37-,38?,39+/m1/s1. The number of aliphatic hydroxyl groups excluding tert-OH is 1. The van der Waals surface area contributed by atoms with Crippen LogP contribution in [0.5, 0.6) is 0 Å². The average Bonchev–Trinajstić information content (AvgIpc) is 3.67. The number of morpholine rings is 1. The van der Waals surface area contributed by atoms with Gasteiger partial charge in [0.25, 0.3) is 0 Å². The monoisotopic (exact) mass is 671 g/mol. The lowest BCUT2D eigenvalue weighted by atomic mass is 9.41. The summed E-state index contributed by atoms with van der Waals surface area (Å²) in [5.74, 6) is 1.98. The largest absolute Gasteiger partial charge is 0.390 e. The van der Waals surface area contributed by atoms with Gasteiger partial charge in [-0.1, -0.05) is 48.5 Å². The zero-order chi connectivity index (χ0) is 34.6. The Balaban J connectivity index is 1.09. The molecule has 9 nitrogen and oxygen atoms in total. The fourth-order valence-corrected chi connectivity index (χ4v) is 13.9. The van der Waals surface area contributed by atoms with Gasteiger partial charge in [-0.05, 0) is 104 Å². The minimum Gasteiger partial charge on any atom is -0.390 e. The molecule has 0 aromatic carbocycles. The Morgan fingerprint density at radius 1 is 1.06 bits per heavy atom. The fourth-order valence-electron chi connectivity index (χ4n) is 13.9. The Labute approximate surface area is 289 Å². The number of hydrogen-bond acceptors (Lipinski definition) is 6. The minimum atomic E-state index is -0.503. The number of hydrogen-bond donors (Lipinski definition) is 2. The molecule has 5 aliphatic carbocycles. The van der Waals surface area contributed by atoms with E-state index in [9.17, 15) is 14.7 Å². The number of rotatable bonds is 6. The third-order valence-corrected chi connectivity index (χ3v) is 16.1. The minimum absolute atomic E-state index is 0.00525. The van der Waals surface area contributed by atoms with Crippen molar-refractivity contribution in [1.82, 2.24) is 15.1 Å². The Morgan fingerprint density at radius 3 is 2.48 bits per heavy atom. The summed E-state index contributed by atoms with van der Waals surface area (Å²) in [6.07, 6.45) is 8.15. The summed E-state index contributed by atoms with van der Waals surface area (Å²) in [6, 6.07) is -0.0642. The molecule has 2 heterocycles. The van der Waals surface area contributed by atoms with Gasteiger partial charge in [-0.2, -0.15) is 0 Å². The summed E-state index contributed by atoms with van der Waals surface area (Å²) in [7, 11) is 1.85. The number of urea groups is 1. The van der Waals surface area contributed by atoms with Crippen LogP contribution in [0, 0.1) is 56.7 Å². The van der Waals surface area contributed by atoms with Gasteiger partial charge in [-0.15, -0.1) is 0 Å². The summed E-state index contributed by atoms with van der Waals surface area (Å²) in [4.78, 5) is 28.9. The second-order valence-electron chi connectivity index (χ2n) is 18.7. The maximum atomic E-state index is 12.8. The molecular formula is C39H65N3O6. The molecule has 3 amide bonds. The Bertz CT molecular complexity index is 1280. The maximum absolute atomic E-state index is 12.8. The van der Waals surface area contributed by atoms with E-state index in [4.69, 9.17) is 14.2 Å². The van der Waals surface area contributed by atoms with Crippen LogP contribution in [0.1, 0.15) is 107 Å². The van der Waals surface area contributed by atoms with Crippen molar-refractivity contribution in [2.75, 3.05) is 39.8 Å². The van der Waals surface area contributed by atoms with Gasteiger partial charge in [-0.25, -0.2) is 4.79 Å². The van der Waals surface area contributed by atoms with Crippen LogP contribution in [0.4, 0.5) is 4.79 Å². The lowest BCUT2D eigenvalue weighted by molar-refractivity contribution is -0.248. The molecule has 5 saturated carbocycles. The summed E-state index contributed by atoms with van der Waals surface area (Å²) in [5.41, 5.74) is 0.417. The first-order valence-corrected chi connectivity index (χ1v) is 19.5. The van der Waals surface area contributed by atoms with E-state index in [-0.39, 0.29) is 64.1 Å². The molecular weight excluding hydrogens is 606 g/mol. The lowest BCUT2D eigenvalue weighted by Gasteiger charge is -2.64. The second kappa shape index (κ2) is 11.8. The molecule has 0 aromatic rings. The van der Waals surface area contributed by atoms with E-state index in [1.165, 1.54) is 25.7 Å². The van der Waals surface area contributed by atoms with Gasteiger partial charge in [0.05, 0.1) is 37.6 Å². The number of amides is 3. The van der Waals surface area contributed by atoms with Crippen LogP contribution in [0.15, 0.2) is 0 Å². The van der Waals surface area contributed by atoms with E-state index < -0.39 is 6.10 Å². The highest BCUT2D eigenvalue weighted by Gasteiger charge is 2.84. The van der Waals surface area contributed by atoms with Gasteiger partial charge in [0.15, 0.2) is 6.29 Å². The molecule has 2 unspecified atom stereocenters. The number of nitrogens with one attached hydrogen (secondary N) is 1. The molecule has 272 valence electrons. The number of aliphatic hydroxyl groups is 1. The normalized spacial score (nSPS) is 48.8. The molecule has 7 rings (SSSR count). The van der Waals surface area contributed by atoms with Gasteiger partial charge in [0.2, 0.25) is 5.91 Å². The van der Waals surface area contributed by atoms with E-state index in [2.05, 4.69) is 39.9 Å². The van der Waals surface area contributed by atoms with Crippen LogP contribution in [0.2, 0.25) is 0 Å². The Hall–Kier alpha value is -1.42. The number of fused-ring (bicyclic) bond motifs is 4. The predicted octanol–water partition coefficient (Wildman–Crippen LogP) is 5.69. The third-order valence-electron chi connectivity index (χ3n) is 16.1. The van der Waals surface area contributed by atoms with Crippen molar-refractivity contribution in [1.29, 1.82) is 0 Å². The molecule has 9 heteroatoms. The van der Waals surface area contributed by atoms with Crippen LogP contribution >= 0.6 is 0 Å². The highest BCUT2D eigenvalue weighted by atomic mass is 16.7. The van der Waals surface area contributed by atoms with Crippen LogP contribution < -0.4 is 5.32 Å². The van der Waals surface area contributed by atoms with Crippen molar-refractivity contribution < 1.29 is 28.9 Å². The SMILES string of the molecule is CCNC(=O)N(C)C[C@H]1C[C@@H](C)C2[C@H](O1)[C@H](O)[C@@]1(C)[C@@H]3CC[C@H]4C(C)(C)[C@@H](O[C@H]5CN(C(=O)C(C)C)CCO5)CCC45C[C@@]35CC[C@]21C. The van der Waals surface area contributed by atoms with E-state index in [0.29, 0.717) is 61.9 Å². The molecule has 2 saturated heterocycles. The van der Waals surface area contributed by atoms with Gasteiger partial charge in [0, 0.05) is 38.0 Å². The number of carbonyl (C=O) groups is 2. The molecule has 2 spiro atoms. The Kier molecular flexibility index (Phi) is 8.61. The predicted molar refractivity (Wildman–Crippen MR) is 184 cm³/mol. The van der Waals surface area contributed by atoms with Crippen molar-refractivity contribution in [3.8, 4) is 0 Å². The van der Waals surface area contributed by atoms with E-state index in [0.717, 1.165) is 25.7 Å². The van der Waals surface area contributed by atoms with E-state index in [1.54, 1.807) is 4.90 Å². The molecule has 2 N–H and O–H groups in total. The molecule has 7 fully saturated rings. The third kappa shape index (κ3) is 4.74. The van der Waals surface area contributed by atoms with Crippen molar-refractivity contribution >= 4 is 11.9 Å². The smallest absolute Gasteiger partial charge is 0.317 e. The van der Waals surface area contributed by atoms with E-state index in [1.807, 2.05) is 32.7 Å².